The van der Waals surface area contributed by atoms with E-state index in [1.54, 1.807) is 19.2 Å². The van der Waals surface area contributed by atoms with E-state index in [1.165, 1.54) is 0 Å². The van der Waals surface area contributed by atoms with Crippen LogP contribution in [0.3, 0.4) is 0 Å². The molecule has 0 aliphatic heterocycles. The zero-order valence-corrected chi connectivity index (χ0v) is 15.7. The number of carbonyl (C=O) groups is 1. The summed E-state index contributed by atoms with van der Waals surface area (Å²) in [4.78, 5) is 16.3. The van der Waals surface area contributed by atoms with Crippen LogP contribution in [-0.2, 0) is 17.6 Å². The Hall–Kier alpha value is -2.86. The third-order valence-corrected chi connectivity index (χ3v) is 4.26. The number of ether oxygens (including phenoxy) is 1. The van der Waals surface area contributed by atoms with Gasteiger partial charge in [-0.2, -0.15) is 4.98 Å². The average molecular weight is 386 g/mol. The molecule has 27 heavy (non-hydrogen) atoms. The molecule has 7 heteroatoms. The van der Waals surface area contributed by atoms with Gasteiger partial charge in [-0.1, -0.05) is 47.1 Å². The van der Waals surface area contributed by atoms with Gasteiger partial charge in [-0.3, -0.25) is 4.79 Å². The predicted octanol–water partition coefficient (Wildman–Crippen LogP) is 3.69. The maximum absolute atomic E-state index is 12.0. The Balaban J connectivity index is 1.46. The van der Waals surface area contributed by atoms with Gasteiger partial charge < -0.3 is 14.6 Å². The summed E-state index contributed by atoms with van der Waals surface area (Å²) in [5.41, 5.74) is 1.84. The van der Waals surface area contributed by atoms with Crippen molar-refractivity contribution in [2.24, 2.45) is 0 Å². The predicted molar refractivity (Wildman–Crippen MR) is 103 cm³/mol. The molecule has 0 unspecified atom stereocenters. The molecule has 1 aromatic heterocycles. The number of hydrogen-bond acceptors (Lipinski definition) is 5. The number of halogens is 1. The number of methoxy groups -OCH3 is 1. The number of nitrogens with one attached hydrogen (secondary N) is 1. The highest BCUT2D eigenvalue weighted by Crippen LogP contribution is 2.20. The number of nitrogens with zero attached hydrogens (tertiary/aromatic N) is 2. The molecular formula is C20H20ClN3O3. The second-order valence-corrected chi connectivity index (χ2v) is 6.37. The quantitative estimate of drug-likeness (QED) is 0.639. The molecule has 0 atom stereocenters. The van der Waals surface area contributed by atoms with Crippen molar-refractivity contribution in [3.8, 4) is 17.1 Å². The lowest BCUT2D eigenvalue weighted by molar-refractivity contribution is -0.121. The lowest BCUT2D eigenvalue weighted by Gasteiger charge is -2.08. The van der Waals surface area contributed by atoms with E-state index in [1.807, 2.05) is 36.4 Å². The normalized spacial score (nSPS) is 10.6. The first-order chi connectivity index (χ1) is 13.2. The highest BCUT2D eigenvalue weighted by atomic mass is 35.5. The van der Waals surface area contributed by atoms with Crippen LogP contribution in [0.15, 0.2) is 53.1 Å². The van der Waals surface area contributed by atoms with Crippen LogP contribution < -0.4 is 10.1 Å². The standard InChI is InChI=1S/C20H20ClN3O3/c1-26-17-8-3-2-5-14(17)11-12-22-18(25)9-10-19-23-20(24-27-19)15-6-4-7-16(21)13-15/h2-8,13H,9-12H2,1H3,(H,22,25). The molecule has 0 bridgehead atoms. The zero-order chi connectivity index (χ0) is 19.1. The Kier molecular flexibility index (Phi) is 6.44. The third-order valence-electron chi connectivity index (χ3n) is 4.03. The molecule has 0 saturated carbocycles. The van der Waals surface area contributed by atoms with Crippen molar-refractivity contribution < 1.29 is 14.1 Å². The Morgan fingerprint density at radius 2 is 2.04 bits per heavy atom. The zero-order valence-electron chi connectivity index (χ0n) is 14.9. The second-order valence-electron chi connectivity index (χ2n) is 5.93. The second kappa shape index (κ2) is 9.19. The molecule has 6 nitrogen and oxygen atoms in total. The largest absolute Gasteiger partial charge is 0.496 e. The lowest BCUT2D eigenvalue weighted by Crippen LogP contribution is -2.26. The van der Waals surface area contributed by atoms with E-state index in [0.29, 0.717) is 36.1 Å². The van der Waals surface area contributed by atoms with Crippen LogP contribution >= 0.6 is 11.6 Å². The molecule has 2 aromatic carbocycles. The number of aromatic nitrogens is 2. The first-order valence-electron chi connectivity index (χ1n) is 8.63. The SMILES string of the molecule is COc1ccccc1CCNC(=O)CCc1nc(-c2cccc(Cl)c2)no1. The molecular weight excluding hydrogens is 366 g/mol. The fourth-order valence-corrected chi connectivity index (χ4v) is 2.85. The Morgan fingerprint density at radius 3 is 2.85 bits per heavy atom. The van der Waals surface area contributed by atoms with Gasteiger partial charge in [0.15, 0.2) is 0 Å². The van der Waals surface area contributed by atoms with Gasteiger partial charge in [-0.05, 0) is 30.2 Å². The van der Waals surface area contributed by atoms with Gasteiger partial charge in [0.05, 0.1) is 7.11 Å². The Morgan fingerprint density at radius 1 is 1.19 bits per heavy atom. The summed E-state index contributed by atoms with van der Waals surface area (Å²) >= 11 is 5.97. The van der Waals surface area contributed by atoms with Crippen LogP contribution in [0.2, 0.25) is 5.02 Å². The summed E-state index contributed by atoms with van der Waals surface area (Å²) in [7, 11) is 1.64. The molecule has 0 spiro atoms. The molecule has 140 valence electrons. The van der Waals surface area contributed by atoms with Gasteiger partial charge >= 0.3 is 0 Å². The fraction of sp³-hybridized carbons (Fsp3) is 0.250. The van der Waals surface area contributed by atoms with Crippen molar-refractivity contribution >= 4 is 17.5 Å². The van der Waals surface area contributed by atoms with Crippen molar-refractivity contribution in [1.82, 2.24) is 15.5 Å². The van der Waals surface area contributed by atoms with Crippen LogP contribution in [0.1, 0.15) is 17.9 Å². The number of hydrogen-bond donors (Lipinski definition) is 1. The molecule has 0 aliphatic carbocycles. The first-order valence-corrected chi connectivity index (χ1v) is 9.00. The average Bonchev–Trinajstić information content (AvgIpc) is 3.16. The molecule has 1 N–H and O–H groups in total. The minimum atomic E-state index is -0.0626. The molecule has 3 aromatic rings. The Bertz CT molecular complexity index is 911. The van der Waals surface area contributed by atoms with E-state index in [2.05, 4.69) is 15.5 Å². The van der Waals surface area contributed by atoms with E-state index >= 15 is 0 Å². The van der Waals surface area contributed by atoms with Crippen LogP contribution in [0.25, 0.3) is 11.4 Å². The number of carbonyl (C=O) groups excluding carboxylic acids is 1. The van der Waals surface area contributed by atoms with Crippen LogP contribution in [0.4, 0.5) is 0 Å². The summed E-state index contributed by atoms with van der Waals surface area (Å²) in [6.07, 6.45) is 1.37. The van der Waals surface area contributed by atoms with Gasteiger partial charge in [-0.15, -0.1) is 0 Å². The van der Waals surface area contributed by atoms with Crippen LogP contribution in [0, 0.1) is 0 Å². The summed E-state index contributed by atoms with van der Waals surface area (Å²) in [6, 6.07) is 15.0. The minimum Gasteiger partial charge on any atom is -0.496 e. The maximum atomic E-state index is 12.0. The van der Waals surface area contributed by atoms with Crippen LogP contribution in [-0.4, -0.2) is 29.7 Å². The summed E-state index contributed by atoms with van der Waals surface area (Å²) < 4.78 is 10.5. The van der Waals surface area contributed by atoms with Gasteiger partial charge in [-0.25, -0.2) is 0 Å². The van der Waals surface area contributed by atoms with Gasteiger partial charge in [0.1, 0.15) is 5.75 Å². The first kappa shape index (κ1) is 18.9. The van der Waals surface area contributed by atoms with Gasteiger partial charge in [0, 0.05) is 30.0 Å². The van der Waals surface area contributed by atoms with Crippen molar-refractivity contribution in [1.29, 1.82) is 0 Å². The number of aryl methyl sites for hydroxylation is 1. The third kappa shape index (κ3) is 5.31. The Labute approximate surface area is 162 Å². The molecule has 1 amide bonds. The van der Waals surface area contributed by atoms with E-state index in [9.17, 15) is 4.79 Å². The molecule has 1 heterocycles. The maximum Gasteiger partial charge on any atom is 0.227 e. The highest BCUT2D eigenvalue weighted by Gasteiger charge is 2.11. The van der Waals surface area contributed by atoms with Crippen molar-refractivity contribution in [2.75, 3.05) is 13.7 Å². The number of rotatable bonds is 8. The van der Waals surface area contributed by atoms with E-state index in [4.69, 9.17) is 20.9 Å². The highest BCUT2D eigenvalue weighted by molar-refractivity contribution is 6.30. The van der Waals surface area contributed by atoms with Crippen molar-refractivity contribution in [3.05, 3.63) is 65.0 Å². The topological polar surface area (TPSA) is 77.2 Å². The number of para-hydroxylation sites is 1. The lowest BCUT2D eigenvalue weighted by atomic mass is 10.1. The van der Waals surface area contributed by atoms with Crippen molar-refractivity contribution in [2.45, 2.75) is 19.3 Å². The fourth-order valence-electron chi connectivity index (χ4n) is 2.66. The number of benzene rings is 2. The molecule has 3 rings (SSSR count). The molecule has 0 saturated heterocycles. The van der Waals surface area contributed by atoms with E-state index in [-0.39, 0.29) is 12.3 Å². The van der Waals surface area contributed by atoms with E-state index < -0.39 is 0 Å². The minimum absolute atomic E-state index is 0.0626. The smallest absolute Gasteiger partial charge is 0.227 e. The monoisotopic (exact) mass is 385 g/mol. The number of amides is 1. The van der Waals surface area contributed by atoms with Crippen LogP contribution in [0.5, 0.6) is 5.75 Å². The van der Waals surface area contributed by atoms with Gasteiger partial charge in [0.25, 0.3) is 0 Å². The van der Waals surface area contributed by atoms with Crippen molar-refractivity contribution in [3.63, 3.8) is 0 Å². The van der Waals surface area contributed by atoms with Gasteiger partial charge in [0.2, 0.25) is 17.6 Å². The van der Waals surface area contributed by atoms with E-state index in [0.717, 1.165) is 16.9 Å². The molecule has 0 radical (unpaired) electrons. The molecule has 0 fully saturated rings. The molecule has 0 aliphatic rings. The summed E-state index contributed by atoms with van der Waals surface area (Å²) in [6.45, 7) is 0.538. The summed E-state index contributed by atoms with van der Waals surface area (Å²) in [5, 5.41) is 7.44. The summed E-state index contributed by atoms with van der Waals surface area (Å²) in [5.74, 6) is 1.65.